The molecular formula is C17H20FN5O3. The van der Waals surface area contributed by atoms with Gasteiger partial charge in [0.25, 0.3) is 5.91 Å². The molecule has 3 amide bonds. The lowest BCUT2D eigenvalue weighted by atomic mass is 10.2. The van der Waals surface area contributed by atoms with Gasteiger partial charge < -0.3 is 15.1 Å². The molecule has 0 bridgehead atoms. The van der Waals surface area contributed by atoms with Crippen molar-refractivity contribution in [3.05, 3.63) is 29.6 Å². The molecule has 1 fully saturated rings. The van der Waals surface area contributed by atoms with Gasteiger partial charge in [-0.2, -0.15) is 0 Å². The van der Waals surface area contributed by atoms with Crippen LogP contribution < -0.4 is 10.6 Å². The molecule has 0 radical (unpaired) electrons. The van der Waals surface area contributed by atoms with Crippen molar-refractivity contribution in [2.75, 3.05) is 31.5 Å². The van der Waals surface area contributed by atoms with Crippen LogP contribution in [0.3, 0.4) is 0 Å². The summed E-state index contributed by atoms with van der Waals surface area (Å²) in [6.07, 6.45) is 0.626. The van der Waals surface area contributed by atoms with Gasteiger partial charge in [-0.15, -0.1) is 0 Å². The minimum absolute atomic E-state index is 0.0770. The van der Waals surface area contributed by atoms with E-state index in [1.807, 2.05) is 4.90 Å². The molecule has 1 aromatic rings. The Labute approximate surface area is 150 Å². The first-order chi connectivity index (χ1) is 12.5. The van der Waals surface area contributed by atoms with E-state index in [2.05, 4.69) is 15.6 Å². The zero-order chi connectivity index (χ0) is 18.7. The van der Waals surface area contributed by atoms with Gasteiger partial charge in [-0.05, 0) is 24.6 Å². The lowest BCUT2D eigenvalue weighted by molar-refractivity contribution is -0.124. The second-order valence-electron chi connectivity index (χ2n) is 6.32. The average molecular weight is 361 g/mol. The van der Waals surface area contributed by atoms with Crippen molar-refractivity contribution in [2.45, 2.75) is 19.4 Å². The maximum absolute atomic E-state index is 13.8. The highest BCUT2D eigenvalue weighted by Gasteiger charge is 2.32. The molecular weight excluding hydrogens is 341 g/mol. The van der Waals surface area contributed by atoms with E-state index in [0.717, 1.165) is 12.0 Å². The predicted octanol–water partition coefficient (Wildman–Crippen LogP) is 0.0911. The van der Waals surface area contributed by atoms with Crippen LogP contribution >= 0.6 is 0 Å². The maximum Gasteiger partial charge on any atom is 0.252 e. The highest BCUT2D eigenvalue weighted by atomic mass is 19.1. The number of rotatable bonds is 4. The Bertz CT molecular complexity index is 759. The summed E-state index contributed by atoms with van der Waals surface area (Å²) < 4.78 is 13.8. The second-order valence-corrected chi connectivity index (χ2v) is 6.32. The van der Waals surface area contributed by atoms with Gasteiger partial charge in [-0.3, -0.25) is 19.7 Å². The Kier molecular flexibility index (Phi) is 5.15. The molecule has 0 aliphatic carbocycles. The van der Waals surface area contributed by atoms with Crippen molar-refractivity contribution in [2.24, 2.45) is 4.99 Å². The lowest BCUT2D eigenvalue weighted by Gasteiger charge is -2.33. The van der Waals surface area contributed by atoms with E-state index in [-0.39, 0.29) is 18.0 Å². The van der Waals surface area contributed by atoms with Crippen LogP contribution in [0.25, 0.3) is 0 Å². The van der Waals surface area contributed by atoms with Crippen molar-refractivity contribution in [1.29, 1.82) is 0 Å². The normalized spacial score (nSPS) is 19.8. The van der Waals surface area contributed by atoms with Gasteiger partial charge in [-0.25, -0.2) is 9.38 Å². The number of benzene rings is 1. The van der Waals surface area contributed by atoms with Crippen molar-refractivity contribution in [3.63, 3.8) is 0 Å². The summed E-state index contributed by atoms with van der Waals surface area (Å²) in [5.74, 6) is -0.952. The fraction of sp³-hybridized carbons (Fsp3) is 0.412. The smallest absolute Gasteiger partial charge is 0.252 e. The summed E-state index contributed by atoms with van der Waals surface area (Å²) in [6, 6.07) is 3.66. The number of amides is 3. The molecule has 26 heavy (non-hydrogen) atoms. The van der Waals surface area contributed by atoms with Crippen LogP contribution in [0.15, 0.2) is 23.2 Å². The summed E-state index contributed by atoms with van der Waals surface area (Å²) in [4.78, 5) is 42.7. The number of carbonyl (C=O) groups excluding carboxylic acids is 3. The molecule has 2 aliphatic rings. The third-order valence-electron chi connectivity index (χ3n) is 4.36. The Balaban J connectivity index is 1.59. The van der Waals surface area contributed by atoms with Gasteiger partial charge in [0.2, 0.25) is 18.3 Å². The number of hydrogen-bond donors (Lipinski definition) is 2. The van der Waals surface area contributed by atoms with Crippen molar-refractivity contribution < 1.29 is 18.8 Å². The number of carbonyl (C=O) groups is 3. The molecule has 1 unspecified atom stereocenters. The van der Waals surface area contributed by atoms with Gasteiger partial charge in [0.05, 0.1) is 12.1 Å². The molecule has 0 spiro atoms. The van der Waals surface area contributed by atoms with Crippen LogP contribution in [-0.4, -0.2) is 66.2 Å². The van der Waals surface area contributed by atoms with E-state index in [0.29, 0.717) is 32.1 Å². The third kappa shape index (κ3) is 3.98. The molecule has 2 N–H and O–H groups in total. The molecule has 9 heteroatoms. The standard InChI is InChI=1S/C17H20FN5O3/c1-11-2-3-13(12(18)8-11)19-15(25)9-14-16(26)21-17(20-14)23-6-4-22(10-24)5-7-23/h2-3,8,10,14H,4-7,9H2,1H3,(H,19,25)(H,20,21,26). The monoisotopic (exact) mass is 361 g/mol. The van der Waals surface area contributed by atoms with Gasteiger partial charge in [-0.1, -0.05) is 6.07 Å². The first-order valence-corrected chi connectivity index (χ1v) is 8.35. The summed E-state index contributed by atoms with van der Waals surface area (Å²) >= 11 is 0. The number of halogens is 1. The molecule has 1 saturated heterocycles. The van der Waals surface area contributed by atoms with Crippen molar-refractivity contribution in [1.82, 2.24) is 15.1 Å². The summed E-state index contributed by atoms with van der Waals surface area (Å²) in [6.45, 7) is 3.98. The summed E-state index contributed by atoms with van der Waals surface area (Å²) in [5.41, 5.74) is 0.827. The van der Waals surface area contributed by atoms with Crippen molar-refractivity contribution in [3.8, 4) is 0 Å². The molecule has 3 rings (SSSR count). The fourth-order valence-corrected chi connectivity index (χ4v) is 2.87. The van der Waals surface area contributed by atoms with E-state index in [1.54, 1.807) is 17.9 Å². The fourth-order valence-electron chi connectivity index (χ4n) is 2.87. The van der Waals surface area contributed by atoms with E-state index < -0.39 is 17.8 Å². The summed E-state index contributed by atoms with van der Waals surface area (Å²) in [5, 5.41) is 5.14. The van der Waals surface area contributed by atoms with Crippen LogP contribution in [0.1, 0.15) is 12.0 Å². The number of aliphatic imine (C=N–C) groups is 1. The molecule has 2 heterocycles. The van der Waals surface area contributed by atoms with Crippen LogP contribution in [-0.2, 0) is 14.4 Å². The highest BCUT2D eigenvalue weighted by molar-refractivity contribution is 6.07. The van der Waals surface area contributed by atoms with E-state index in [1.165, 1.54) is 12.1 Å². The first-order valence-electron chi connectivity index (χ1n) is 8.35. The quantitative estimate of drug-likeness (QED) is 0.744. The Morgan fingerprint density at radius 1 is 1.38 bits per heavy atom. The number of aryl methyl sites for hydroxylation is 1. The van der Waals surface area contributed by atoms with E-state index >= 15 is 0 Å². The minimum Gasteiger partial charge on any atom is -0.342 e. The molecule has 0 saturated carbocycles. The number of guanidine groups is 1. The van der Waals surface area contributed by atoms with Gasteiger partial charge in [0, 0.05) is 26.2 Å². The Hall–Kier alpha value is -2.97. The Morgan fingerprint density at radius 2 is 2.12 bits per heavy atom. The number of piperazine rings is 1. The molecule has 1 aromatic carbocycles. The summed E-state index contributed by atoms with van der Waals surface area (Å²) in [7, 11) is 0. The minimum atomic E-state index is -0.845. The number of nitrogens with one attached hydrogen (secondary N) is 2. The van der Waals surface area contributed by atoms with Gasteiger partial charge in [0.1, 0.15) is 11.9 Å². The molecule has 1 atom stereocenters. The molecule has 8 nitrogen and oxygen atoms in total. The molecule has 138 valence electrons. The largest absolute Gasteiger partial charge is 0.342 e. The zero-order valence-corrected chi connectivity index (χ0v) is 14.4. The number of nitrogens with zero attached hydrogens (tertiary/aromatic N) is 3. The van der Waals surface area contributed by atoms with Crippen molar-refractivity contribution >= 4 is 29.9 Å². The van der Waals surface area contributed by atoms with E-state index in [4.69, 9.17) is 0 Å². The highest BCUT2D eigenvalue weighted by Crippen LogP contribution is 2.17. The van der Waals surface area contributed by atoms with Gasteiger partial charge >= 0.3 is 0 Å². The van der Waals surface area contributed by atoms with Gasteiger partial charge in [0.15, 0.2) is 0 Å². The van der Waals surface area contributed by atoms with Crippen LogP contribution in [0, 0.1) is 12.7 Å². The van der Waals surface area contributed by atoms with Crippen LogP contribution in [0.5, 0.6) is 0 Å². The molecule has 2 aliphatic heterocycles. The first kappa shape index (κ1) is 17.8. The SMILES string of the molecule is Cc1ccc(NC(=O)CC2N=C(N3CCN(C=O)CC3)NC2=O)c(F)c1. The van der Waals surface area contributed by atoms with E-state index in [9.17, 15) is 18.8 Å². The lowest BCUT2D eigenvalue weighted by Crippen LogP contribution is -2.51. The topological polar surface area (TPSA) is 94.1 Å². The maximum atomic E-state index is 13.8. The number of anilines is 1. The Morgan fingerprint density at radius 3 is 2.77 bits per heavy atom. The number of hydrogen-bond acceptors (Lipinski definition) is 5. The average Bonchev–Trinajstić information content (AvgIpc) is 2.98. The molecule has 0 aromatic heterocycles. The zero-order valence-electron chi connectivity index (χ0n) is 14.4. The van der Waals surface area contributed by atoms with Crippen LogP contribution in [0.2, 0.25) is 0 Å². The predicted molar refractivity (Wildman–Crippen MR) is 93.0 cm³/mol. The second kappa shape index (κ2) is 7.51. The van der Waals surface area contributed by atoms with Crippen LogP contribution in [0.4, 0.5) is 10.1 Å². The third-order valence-corrected chi connectivity index (χ3v) is 4.36.